The third kappa shape index (κ3) is 1.77. The normalized spacial score (nSPS) is 27.8. The van der Waals surface area contributed by atoms with E-state index in [-0.39, 0.29) is 15.8 Å². The lowest BCUT2D eigenvalue weighted by Crippen LogP contribution is -2.37. The number of hydrogen-bond acceptors (Lipinski definition) is 4. The molecule has 7 heteroatoms. The molecule has 1 aliphatic carbocycles. The summed E-state index contributed by atoms with van der Waals surface area (Å²) in [6.45, 7) is 0.589. The number of nitrogens with zero attached hydrogens (tertiary/aromatic N) is 1. The van der Waals surface area contributed by atoms with Crippen molar-refractivity contribution in [3.63, 3.8) is 0 Å². The van der Waals surface area contributed by atoms with Crippen LogP contribution in [-0.2, 0) is 10.0 Å². The van der Waals surface area contributed by atoms with Crippen LogP contribution in [0.5, 0.6) is 0 Å². The molecule has 1 aromatic heterocycles. The molecule has 3 rings (SSSR count). The molecule has 0 amide bonds. The number of sulfonamides is 1. The summed E-state index contributed by atoms with van der Waals surface area (Å²) in [6.07, 6.45) is 3.00. The molecule has 0 aromatic carbocycles. The van der Waals surface area contributed by atoms with Crippen molar-refractivity contribution in [3.8, 4) is 0 Å². The van der Waals surface area contributed by atoms with Crippen molar-refractivity contribution in [1.29, 1.82) is 0 Å². The molecule has 2 atom stereocenters. The first kappa shape index (κ1) is 12.1. The second-order valence-corrected chi connectivity index (χ2v) is 7.66. The van der Waals surface area contributed by atoms with Gasteiger partial charge in [-0.3, -0.25) is 0 Å². The standard InChI is InChI=1S/C11H13NO4S2/c13-11(14)10-4-9(6-17-10)18(15,16)12-5-7-1-2-8(12)3-7/h4,6-8H,1-3,5H2,(H,13,14). The molecule has 0 spiro atoms. The van der Waals surface area contributed by atoms with Crippen molar-refractivity contribution in [1.82, 2.24) is 4.31 Å². The lowest BCUT2D eigenvalue weighted by molar-refractivity contribution is 0.0702. The van der Waals surface area contributed by atoms with Crippen LogP contribution < -0.4 is 0 Å². The molecule has 1 saturated heterocycles. The number of carbonyl (C=O) groups is 1. The van der Waals surface area contributed by atoms with Crippen LogP contribution in [0.25, 0.3) is 0 Å². The van der Waals surface area contributed by atoms with Crippen molar-refractivity contribution < 1.29 is 18.3 Å². The van der Waals surface area contributed by atoms with Gasteiger partial charge in [0.15, 0.2) is 0 Å². The van der Waals surface area contributed by atoms with E-state index in [0.29, 0.717) is 12.5 Å². The number of thiophene rings is 1. The molecule has 98 valence electrons. The Morgan fingerprint density at radius 1 is 1.44 bits per heavy atom. The van der Waals surface area contributed by atoms with Gasteiger partial charge in [0.2, 0.25) is 10.0 Å². The van der Waals surface area contributed by atoms with Gasteiger partial charge in [-0.1, -0.05) is 0 Å². The molecule has 5 nitrogen and oxygen atoms in total. The van der Waals surface area contributed by atoms with Crippen molar-refractivity contribution in [2.24, 2.45) is 5.92 Å². The smallest absolute Gasteiger partial charge is 0.345 e. The summed E-state index contributed by atoms with van der Waals surface area (Å²) in [5.41, 5.74) is 0. The lowest BCUT2D eigenvalue weighted by Gasteiger charge is -2.25. The molecule has 1 N–H and O–H groups in total. The van der Waals surface area contributed by atoms with Crippen molar-refractivity contribution in [3.05, 3.63) is 16.3 Å². The number of fused-ring (bicyclic) bond motifs is 2. The maximum absolute atomic E-state index is 12.4. The Morgan fingerprint density at radius 2 is 2.22 bits per heavy atom. The number of hydrogen-bond donors (Lipinski definition) is 1. The van der Waals surface area contributed by atoms with Gasteiger partial charge in [0, 0.05) is 18.0 Å². The number of piperidine rings is 1. The molecule has 2 unspecified atom stereocenters. The molecular formula is C11H13NO4S2. The molecule has 2 aliphatic rings. The highest BCUT2D eigenvalue weighted by atomic mass is 32.2. The highest BCUT2D eigenvalue weighted by Gasteiger charge is 2.44. The van der Waals surface area contributed by atoms with Crippen LogP contribution in [0.15, 0.2) is 16.3 Å². The number of carboxylic acid groups (broad SMARTS) is 1. The highest BCUT2D eigenvalue weighted by molar-refractivity contribution is 7.89. The summed E-state index contributed by atoms with van der Waals surface area (Å²) in [6, 6.07) is 1.38. The van der Waals surface area contributed by atoms with Crippen LogP contribution in [0.4, 0.5) is 0 Å². The SMILES string of the molecule is O=C(O)c1cc(S(=O)(=O)N2CC3CCC2C3)cs1. The summed E-state index contributed by atoms with van der Waals surface area (Å²) in [5.74, 6) is -0.591. The molecule has 2 bridgehead atoms. The van der Waals surface area contributed by atoms with Gasteiger partial charge in [-0.2, -0.15) is 4.31 Å². The van der Waals surface area contributed by atoms with Gasteiger partial charge in [-0.25, -0.2) is 13.2 Å². The predicted molar refractivity (Wildman–Crippen MR) is 66.3 cm³/mol. The minimum absolute atomic E-state index is 0.0675. The largest absolute Gasteiger partial charge is 0.477 e. The minimum Gasteiger partial charge on any atom is -0.477 e. The molecule has 1 aromatic rings. The van der Waals surface area contributed by atoms with E-state index in [4.69, 9.17) is 5.11 Å². The highest BCUT2D eigenvalue weighted by Crippen LogP contribution is 2.40. The van der Waals surface area contributed by atoms with Crippen LogP contribution in [0.2, 0.25) is 0 Å². The zero-order valence-electron chi connectivity index (χ0n) is 9.57. The average molecular weight is 287 g/mol. The molecule has 18 heavy (non-hydrogen) atoms. The van der Waals surface area contributed by atoms with E-state index in [1.54, 1.807) is 4.31 Å². The molecule has 0 radical (unpaired) electrons. The molecule has 2 heterocycles. The monoisotopic (exact) mass is 287 g/mol. The van der Waals surface area contributed by atoms with E-state index in [1.165, 1.54) is 11.4 Å². The fourth-order valence-corrected chi connectivity index (χ4v) is 5.72. The summed E-state index contributed by atoms with van der Waals surface area (Å²) >= 11 is 0.958. The van der Waals surface area contributed by atoms with Gasteiger partial charge in [0.05, 0.1) is 4.90 Å². The number of rotatable bonds is 3. The molecule has 2 fully saturated rings. The van der Waals surface area contributed by atoms with Crippen LogP contribution in [0.3, 0.4) is 0 Å². The summed E-state index contributed by atoms with van der Waals surface area (Å²) in [7, 11) is -3.50. The predicted octanol–water partition coefficient (Wildman–Crippen LogP) is 1.62. The molecule has 1 saturated carbocycles. The minimum atomic E-state index is -3.50. The second kappa shape index (κ2) is 4.04. The first-order valence-corrected chi connectivity index (χ1v) is 8.14. The Bertz CT molecular complexity index is 592. The van der Waals surface area contributed by atoms with Gasteiger partial charge < -0.3 is 5.11 Å². The van der Waals surface area contributed by atoms with E-state index in [1.807, 2.05) is 0 Å². The quantitative estimate of drug-likeness (QED) is 0.916. The lowest BCUT2D eigenvalue weighted by atomic mass is 10.1. The van der Waals surface area contributed by atoms with Gasteiger partial charge >= 0.3 is 5.97 Å². The first-order valence-electron chi connectivity index (χ1n) is 5.82. The van der Waals surface area contributed by atoms with Crippen LogP contribution in [0.1, 0.15) is 28.9 Å². The number of aromatic carboxylic acids is 1. The van der Waals surface area contributed by atoms with Crippen LogP contribution in [-0.4, -0.2) is 36.4 Å². The third-order valence-corrected chi connectivity index (χ3v) is 6.72. The van der Waals surface area contributed by atoms with Gasteiger partial charge in [-0.15, -0.1) is 11.3 Å². The van der Waals surface area contributed by atoms with Gasteiger partial charge in [0.25, 0.3) is 0 Å². The Hall–Kier alpha value is -0.920. The Morgan fingerprint density at radius 3 is 2.72 bits per heavy atom. The Balaban J connectivity index is 1.92. The third-order valence-electron chi connectivity index (χ3n) is 3.75. The van der Waals surface area contributed by atoms with Crippen molar-refractivity contribution >= 4 is 27.3 Å². The maximum Gasteiger partial charge on any atom is 0.345 e. The van der Waals surface area contributed by atoms with E-state index < -0.39 is 16.0 Å². The fourth-order valence-electron chi connectivity index (χ4n) is 2.88. The van der Waals surface area contributed by atoms with Crippen LogP contribution in [0, 0.1) is 5.92 Å². The van der Waals surface area contributed by atoms with E-state index in [2.05, 4.69) is 0 Å². The summed E-state index contributed by atoms with van der Waals surface area (Å²) in [4.78, 5) is 11.0. The average Bonchev–Trinajstić information content (AvgIpc) is 3.04. The zero-order chi connectivity index (χ0) is 12.9. The first-order chi connectivity index (χ1) is 8.48. The van der Waals surface area contributed by atoms with E-state index >= 15 is 0 Å². The Labute approximate surface area is 109 Å². The van der Waals surface area contributed by atoms with Gasteiger partial charge in [0.1, 0.15) is 4.88 Å². The zero-order valence-corrected chi connectivity index (χ0v) is 11.2. The van der Waals surface area contributed by atoms with E-state index in [0.717, 1.165) is 30.6 Å². The fraction of sp³-hybridized carbons (Fsp3) is 0.545. The van der Waals surface area contributed by atoms with Crippen molar-refractivity contribution in [2.45, 2.75) is 30.2 Å². The van der Waals surface area contributed by atoms with E-state index in [9.17, 15) is 13.2 Å². The van der Waals surface area contributed by atoms with Gasteiger partial charge in [-0.05, 0) is 31.2 Å². The summed E-state index contributed by atoms with van der Waals surface area (Å²) < 4.78 is 26.4. The molecular weight excluding hydrogens is 274 g/mol. The van der Waals surface area contributed by atoms with Crippen LogP contribution >= 0.6 is 11.3 Å². The maximum atomic E-state index is 12.4. The second-order valence-electron chi connectivity index (χ2n) is 4.86. The molecule has 1 aliphatic heterocycles. The Kier molecular flexibility index (Phi) is 2.72. The topological polar surface area (TPSA) is 74.7 Å². The summed E-state index contributed by atoms with van der Waals surface area (Å²) in [5, 5.41) is 10.3. The number of carboxylic acids is 1. The van der Waals surface area contributed by atoms with Crippen molar-refractivity contribution in [2.75, 3.05) is 6.54 Å².